The molecule has 4 rings (SSSR count). The molecule has 0 bridgehead atoms. The summed E-state index contributed by atoms with van der Waals surface area (Å²) in [5, 5.41) is 13.8. The fourth-order valence-electron chi connectivity index (χ4n) is 3.56. The molecule has 4 heterocycles. The molecule has 6 nitrogen and oxygen atoms in total. The molecular weight excluding hydrogens is 346 g/mol. The summed E-state index contributed by atoms with van der Waals surface area (Å²) in [7, 11) is 0. The number of nitrogens with zero attached hydrogens (tertiary/aromatic N) is 4. The zero-order valence-electron chi connectivity index (χ0n) is 13.4. The SMILES string of the molecule is Cl.O=C(c1cn(C2CCNCC2)nn1)N1CCCC1c1cccs1. The lowest BCUT2D eigenvalue weighted by molar-refractivity contribution is 0.0731. The molecule has 0 aliphatic carbocycles. The Morgan fingerprint density at radius 2 is 2.12 bits per heavy atom. The van der Waals surface area contributed by atoms with Gasteiger partial charge >= 0.3 is 0 Å². The second kappa shape index (κ2) is 7.63. The van der Waals surface area contributed by atoms with Crippen molar-refractivity contribution < 1.29 is 4.79 Å². The van der Waals surface area contributed by atoms with Gasteiger partial charge in [0.25, 0.3) is 5.91 Å². The fourth-order valence-corrected chi connectivity index (χ4v) is 4.43. The summed E-state index contributed by atoms with van der Waals surface area (Å²) in [6.45, 7) is 2.81. The topological polar surface area (TPSA) is 63.1 Å². The van der Waals surface area contributed by atoms with Gasteiger partial charge < -0.3 is 10.2 Å². The van der Waals surface area contributed by atoms with Crippen LogP contribution in [0.3, 0.4) is 0 Å². The van der Waals surface area contributed by atoms with Crippen molar-refractivity contribution in [1.82, 2.24) is 25.2 Å². The number of hydrogen-bond donors (Lipinski definition) is 1. The number of rotatable bonds is 3. The van der Waals surface area contributed by atoms with Crippen LogP contribution in [-0.2, 0) is 0 Å². The maximum absolute atomic E-state index is 12.9. The van der Waals surface area contributed by atoms with Crippen LogP contribution >= 0.6 is 23.7 Å². The number of piperidine rings is 1. The lowest BCUT2D eigenvalue weighted by Crippen LogP contribution is -2.31. The highest BCUT2D eigenvalue weighted by Gasteiger charge is 2.32. The minimum Gasteiger partial charge on any atom is -0.329 e. The Balaban J connectivity index is 0.00000169. The molecule has 0 spiro atoms. The average molecular weight is 368 g/mol. The van der Waals surface area contributed by atoms with Gasteiger partial charge in [0.05, 0.1) is 18.3 Å². The van der Waals surface area contributed by atoms with Gasteiger partial charge in [-0.05, 0) is 50.2 Å². The van der Waals surface area contributed by atoms with Crippen molar-refractivity contribution >= 4 is 29.7 Å². The van der Waals surface area contributed by atoms with E-state index in [9.17, 15) is 4.79 Å². The van der Waals surface area contributed by atoms with E-state index in [-0.39, 0.29) is 24.4 Å². The first-order valence-corrected chi connectivity index (χ1v) is 9.18. The fraction of sp³-hybridized carbons (Fsp3) is 0.562. The number of amides is 1. The third-order valence-corrected chi connectivity index (χ3v) is 5.77. The highest BCUT2D eigenvalue weighted by atomic mass is 35.5. The Morgan fingerprint density at radius 3 is 2.88 bits per heavy atom. The van der Waals surface area contributed by atoms with Crippen LogP contribution in [0.2, 0.25) is 0 Å². The van der Waals surface area contributed by atoms with Crippen LogP contribution in [0.25, 0.3) is 0 Å². The number of likely N-dealkylation sites (tertiary alicyclic amines) is 1. The first-order valence-electron chi connectivity index (χ1n) is 8.30. The Bertz CT molecular complexity index is 668. The summed E-state index contributed by atoms with van der Waals surface area (Å²) in [4.78, 5) is 16.1. The van der Waals surface area contributed by atoms with E-state index in [2.05, 4.69) is 27.1 Å². The van der Waals surface area contributed by atoms with E-state index in [0.717, 1.165) is 45.3 Å². The molecule has 1 amide bonds. The summed E-state index contributed by atoms with van der Waals surface area (Å²) in [6.07, 6.45) is 6.00. The van der Waals surface area contributed by atoms with Crippen LogP contribution in [0.4, 0.5) is 0 Å². The van der Waals surface area contributed by atoms with Crippen LogP contribution in [-0.4, -0.2) is 45.4 Å². The number of nitrogens with one attached hydrogen (secondary N) is 1. The summed E-state index contributed by atoms with van der Waals surface area (Å²) < 4.78 is 1.88. The van der Waals surface area contributed by atoms with Crippen LogP contribution in [0.1, 0.15) is 53.1 Å². The highest BCUT2D eigenvalue weighted by molar-refractivity contribution is 7.10. The van der Waals surface area contributed by atoms with Gasteiger partial charge in [-0.25, -0.2) is 4.68 Å². The van der Waals surface area contributed by atoms with Gasteiger partial charge in [-0.2, -0.15) is 0 Å². The smallest absolute Gasteiger partial charge is 0.276 e. The summed E-state index contributed by atoms with van der Waals surface area (Å²) >= 11 is 1.72. The normalized spacial score (nSPS) is 21.7. The molecule has 24 heavy (non-hydrogen) atoms. The molecule has 8 heteroatoms. The number of carbonyl (C=O) groups excluding carboxylic acids is 1. The van der Waals surface area contributed by atoms with Crippen LogP contribution in [0, 0.1) is 0 Å². The quantitative estimate of drug-likeness (QED) is 0.905. The molecule has 2 aliphatic heterocycles. The minimum atomic E-state index is 0. The molecule has 2 fully saturated rings. The van der Waals surface area contributed by atoms with E-state index >= 15 is 0 Å². The Labute approximate surface area is 151 Å². The lowest BCUT2D eigenvalue weighted by Gasteiger charge is -2.23. The van der Waals surface area contributed by atoms with Gasteiger partial charge in [-0.3, -0.25) is 4.79 Å². The molecule has 130 valence electrons. The monoisotopic (exact) mass is 367 g/mol. The van der Waals surface area contributed by atoms with Gasteiger partial charge in [-0.1, -0.05) is 11.3 Å². The van der Waals surface area contributed by atoms with E-state index < -0.39 is 0 Å². The Hall–Kier alpha value is -1.44. The minimum absolute atomic E-state index is 0. The number of carbonyl (C=O) groups is 1. The molecule has 2 saturated heterocycles. The van der Waals surface area contributed by atoms with Crippen molar-refractivity contribution in [2.24, 2.45) is 0 Å². The first-order chi connectivity index (χ1) is 11.3. The predicted octanol–water partition coefficient (Wildman–Crippen LogP) is 2.66. The predicted molar refractivity (Wildman–Crippen MR) is 95.7 cm³/mol. The van der Waals surface area contributed by atoms with Crippen molar-refractivity contribution in [3.05, 3.63) is 34.3 Å². The Kier molecular flexibility index (Phi) is 5.53. The number of aromatic nitrogens is 3. The molecule has 0 saturated carbocycles. The molecule has 1 atom stereocenters. The van der Waals surface area contributed by atoms with Crippen LogP contribution in [0.15, 0.2) is 23.7 Å². The van der Waals surface area contributed by atoms with Gasteiger partial charge in [0.2, 0.25) is 0 Å². The highest BCUT2D eigenvalue weighted by Crippen LogP contribution is 2.35. The second-order valence-electron chi connectivity index (χ2n) is 6.24. The van der Waals surface area contributed by atoms with Crippen molar-refractivity contribution in [3.8, 4) is 0 Å². The van der Waals surface area contributed by atoms with Gasteiger partial charge in [0, 0.05) is 11.4 Å². The van der Waals surface area contributed by atoms with Gasteiger partial charge in [0.15, 0.2) is 5.69 Å². The van der Waals surface area contributed by atoms with Gasteiger partial charge in [-0.15, -0.1) is 28.8 Å². The molecule has 2 aromatic heterocycles. The molecule has 2 aromatic rings. The van der Waals surface area contributed by atoms with E-state index in [1.54, 1.807) is 11.3 Å². The Morgan fingerprint density at radius 1 is 1.29 bits per heavy atom. The van der Waals surface area contributed by atoms with E-state index in [1.807, 2.05) is 21.8 Å². The maximum atomic E-state index is 12.9. The van der Waals surface area contributed by atoms with Crippen molar-refractivity contribution in [2.75, 3.05) is 19.6 Å². The number of hydrogen-bond acceptors (Lipinski definition) is 5. The summed E-state index contributed by atoms with van der Waals surface area (Å²) in [5.74, 6) is 0.0149. The maximum Gasteiger partial charge on any atom is 0.276 e. The molecule has 0 aromatic carbocycles. The van der Waals surface area contributed by atoms with Gasteiger partial charge in [0.1, 0.15) is 0 Å². The third-order valence-electron chi connectivity index (χ3n) is 4.80. The van der Waals surface area contributed by atoms with Crippen LogP contribution in [0.5, 0.6) is 0 Å². The largest absolute Gasteiger partial charge is 0.329 e. The van der Waals surface area contributed by atoms with E-state index in [0.29, 0.717) is 11.7 Å². The van der Waals surface area contributed by atoms with Crippen molar-refractivity contribution in [3.63, 3.8) is 0 Å². The summed E-state index contributed by atoms with van der Waals surface area (Å²) in [6, 6.07) is 4.73. The number of halogens is 1. The second-order valence-corrected chi connectivity index (χ2v) is 7.22. The lowest BCUT2D eigenvalue weighted by atomic mass is 10.1. The molecule has 0 radical (unpaired) electrons. The van der Waals surface area contributed by atoms with Crippen molar-refractivity contribution in [2.45, 2.75) is 37.8 Å². The molecule has 2 aliphatic rings. The number of thiophene rings is 1. The third kappa shape index (κ3) is 3.34. The average Bonchev–Trinajstić information content (AvgIpc) is 3.34. The van der Waals surface area contributed by atoms with Crippen molar-refractivity contribution in [1.29, 1.82) is 0 Å². The zero-order valence-corrected chi connectivity index (χ0v) is 15.1. The zero-order chi connectivity index (χ0) is 15.6. The molecular formula is C16H22ClN5OS. The molecule has 1 N–H and O–H groups in total. The standard InChI is InChI=1S/C16H21N5OS.ClH/c22-16(20-9-1-3-14(20)15-4-2-10-23-15)13-11-21(19-18-13)12-5-7-17-8-6-12;/h2,4,10-12,14,17H,1,3,5-9H2;1H. The molecule has 1 unspecified atom stereocenters. The first kappa shape index (κ1) is 17.4. The van der Waals surface area contributed by atoms with E-state index in [4.69, 9.17) is 0 Å². The summed E-state index contributed by atoms with van der Waals surface area (Å²) in [5.41, 5.74) is 0.479. The van der Waals surface area contributed by atoms with E-state index in [1.165, 1.54) is 4.88 Å². The van der Waals surface area contributed by atoms with Crippen LogP contribution < -0.4 is 5.32 Å².